The molecule has 27 heavy (non-hydrogen) atoms. The molecule has 0 radical (unpaired) electrons. The van der Waals surface area contributed by atoms with Crippen LogP contribution in [0.5, 0.6) is 0 Å². The summed E-state index contributed by atoms with van der Waals surface area (Å²) in [6, 6.07) is 11.9. The molecule has 1 saturated heterocycles. The van der Waals surface area contributed by atoms with E-state index < -0.39 is 0 Å². The number of methoxy groups -OCH3 is 1. The molecular formula is C22H30N2O3. The quantitative estimate of drug-likeness (QED) is 0.805. The fourth-order valence-electron chi connectivity index (χ4n) is 3.93. The molecule has 5 heteroatoms. The third kappa shape index (κ3) is 5.68. The van der Waals surface area contributed by atoms with E-state index in [-0.39, 0.29) is 5.91 Å². The van der Waals surface area contributed by atoms with Crippen LogP contribution < -0.4 is 5.32 Å². The molecule has 0 spiro atoms. The first-order valence-corrected chi connectivity index (χ1v) is 9.69. The SMILES string of the molecule is COCc1ccc(C(=O)NCc2ccc(CN3CC(C)CC(C)C3)cc2)o1. The van der Waals surface area contributed by atoms with Crippen molar-refractivity contribution in [2.75, 3.05) is 20.2 Å². The van der Waals surface area contributed by atoms with Crippen LogP contribution in [0.2, 0.25) is 0 Å². The minimum Gasteiger partial charge on any atom is -0.453 e. The van der Waals surface area contributed by atoms with Gasteiger partial charge in [0.25, 0.3) is 5.91 Å². The van der Waals surface area contributed by atoms with E-state index in [9.17, 15) is 4.79 Å². The van der Waals surface area contributed by atoms with Crippen molar-refractivity contribution in [2.45, 2.75) is 40.0 Å². The molecule has 0 saturated carbocycles. The number of ether oxygens (including phenoxy) is 1. The number of nitrogens with one attached hydrogen (secondary N) is 1. The van der Waals surface area contributed by atoms with Crippen molar-refractivity contribution in [1.82, 2.24) is 10.2 Å². The van der Waals surface area contributed by atoms with Gasteiger partial charge in [0, 0.05) is 33.3 Å². The average molecular weight is 370 g/mol. The van der Waals surface area contributed by atoms with Crippen molar-refractivity contribution in [2.24, 2.45) is 11.8 Å². The summed E-state index contributed by atoms with van der Waals surface area (Å²) in [4.78, 5) is 14.7. The number of benzene rings is 1. The highest BCUT2D eigenvalue weighted by atomic mass is 16.5. The lowest BCUT2D eigenvalue weighted by Gasteiger charge is -2.35. The number of carbonyl (C=O) groups is 1. The van der Waals surface area contributed by atoms with Crippen LogP contribution in [0.1, 0.15) is 47.7 Å². The number of likely N-dealkylation sites (tertiary alicyclic amines) is 1. The third-order valence-corrected chi connectivity index (χ3v) is 5.00. The second-order valence-corrected chi connectivity index (χ2v) is 7.84. The van der Waals surface area contributed by atoms with E-state index in [2.05, 4.69) is 48.3 Å². The van der Waals surface area contributed by atoms with E-state index in [0.717, 1.165) is 23.9 Å². The number of hydrogen-bond acceptors (Lipinski definition) is 4. The minimum atomic E-state index is -0.210. The normalized spacial score (nSPS) is 20.6. The lowest BCUT2D eigenvalue weighted by Crippen LogP contribution is -2.38. The maximum absolute atomic E-state index is 12.2. The number of piperidine rings is 1. The Morgan fingerprint density at radius 1 is 1.11 bits per heavy atom. The molecule has 1 fully saturated rings. The topological polar surface area (TPSA) is 54.7 Å². The number of hydrogen-bond donors (Lipinski definition) is 1. The van der Waals surface area contributed by atoms with Crippen molar-refractivity contribution in [3.05, 3.63) is 59.0 Å². The molecule has 0 bridgehead atoms. The summed E-state index contributed by atoms with van der Waals surface area (Å²) in [7, 11) is 1.60. The number of carbonyl (C=O) groups excluding carboxylic acids is 1. The van der Waals surface area contributed by atoms with Gasteiger partial charge in [-0.05, 0) is 41.5 Å². The average Bonchev–Trinajstić information content (AvgIpc) is 3.09. The van der Waals surface area contributed by atoms with Crippen LogP contribution in [0.3, 0.4) is 0 Å². The molecule has 1 aliphatic heterocycles. The van der Waals surface area contributed by atoms with Crippen LogP contribution in [0.15, 0.2) is 40.8 Å². The van der Waals surface area contributed by atoms with Crippen LogP contribution in [-0.4, -0.2) is 31.0 Å². The number of rotatable bonds is 7. The predicted octanol–water partition coefficient (Wildman–Crippen LogP) is 3.83. The van der Waals surface area contributed by atoms with Crippen LogP contribution in [0.25, 0.3) is 0 Å². The molecule has 3 rings (SSSR count). The molecule has 0 aliphatic carbocycles. The Morgan fingerprint density at radius 2 is 1.78 bits per heavy atom. The molecule has 2 unspecified atom stereocenters. The number of nitrogens with zero attached hydrogens (tertiary/aromatic N) is 1. The Kier molecular flexibility index (Phi) is 6.69. The largest absolute Gasteiger partial charge is 0.453 e. The Balaban J connectivity index is 1.49. The fraction of sp³-hybridized carbons (Fsp3) is 0.500. The zero-order chi connectivity index (χ0) is 19.2. The van der Waals surface area contributed by atoms with Crippen molar-refractivity contribution >= 4 is 5.91 Å². The van der Waals surface area contributed by atoms with Gasteiger partial charge < -0.3 is 14.5 Å². The van der Waals surface area contributed by atoms with E-state index in [0.29, 0.717) is 24.7 Å². The monoisotopic (exact) mass is 370 g/mol. The van der Waals surface area contributed by atoms with E-state index >= 15 is 0 Å². The van der Waals surface area contributed by atoms with Gasteiger partial charge >= 0.3 is 0 Å². The molecule has 1 aliphatic rings. The van der Waals surface area contributed by atoms with Gasteiger partial charge in [0.1, 0.15) is 12.4 Å². The number of amides is 1. The van der Waals surface area contributed by atoms with E-state index in [4.69, 9.17) is 9.15 Å². The Morgan fingerprint density at radius 3 is 2.44 bits per heavy atom. The van der Waals surface area contributed by atoms with Gasteiger partial charge in [0.05, 0.1) is 0 Å². The standard InChI is InChI=1S/C22H30N2O3/c1-16-10-17(2)13-24(12-16)14-19-6-4-18(5-7-19)11-23-22(25)21-9-8-20(27-21)15-26-3/h4-9,16-17H,10-15H2,1-3H3,(H,23,25). The van der Waals surface area contributed by atoms with Crippen LogP contribution in [0, 0.1) is 11.8 Å². The summed E-state index contributed by atoms with van der Waals surface area (Å²) < 4.78 is 10.5. The summed E-state index contributed by atoms with van der Waals surface area (Å²) in [5.74, 6) is 2.29. The smallest absolute Gasteiger partial charge is 0.287 e. The summed E-state index contributed by atoms with van der Waals surface area (Å²) in [5.41, 5.74) is 2.40. The highest BCUT2D eigenvalue weighted by Gasteiger charge is 2.21. The van der Waals surface area contributed by atoms with Crippen molar-refractivity contribution in [3.63, 3.8) is 0 Å². The molecular weight excluding hydrogens is 340 g/mol. The molecule has 1 aromatic heterocycles. The third-order valence-electron chi connectivity index (χ3n) is 5.00. The highest BCUT2D eigenvalue weighted by molar-refractivity contribution is 5.91. The first-order valence-electron chi connectivity index (χ1n) is 9.69. The van der Waals surface area contributed by atoms with E-state index in [1.54, 1.807) is 19.2 Å². The minimum absolute atomic E-state index is 0.210. The first-order chi connectivity index (χ1) is 13.0. The zero-order valence-electron chi connectivity index (χ0n) is 16.5. The van der Waals surface area contributed by atoms with E-state index in [1.165, 1.54) is 25.1 Å². The second-order valence-electron chi connectivity index (χ2n) is 7.84. The Bertz CT molecular complexity index is 728. The van der Waals surface area contributed by atoms with Gasteiger partial charge in [-0.25, -0.2) is 0 Å². The van der Waals surface area contributed by atoms with Gasteiger partial charge in [-0.1, -0.05) is 38.1 Å². The van der Waals surface area contributed by atoms with Gasteiger partial charge in [0.2, 0.25) is 0 Å². The van der Waals surface area contributed by atoms with Gasteiger partial charge in [-0.2, -0.15) is 0 Å². The van der Waals surface area contributed by atoms with Crippen molar-refractivity contribution < 1.29 is 13.9 Å². The second kappa shape index (κ2) is 9.20. The molecule has 2 aromatic rings. The lowest BCUT2D eigenvalue weighted by molar-refractivity contribution is 0.0914. The number of furan rings is 1. The predicted molar refractivity (Wildman–Crippen MR) is 105 cm³/mol. The molecule has 2 heterocycles. The summed E-state index contributed by atoms with van der Waals surface area (Å²) in [6.45, 7) is 8.88. The first kappa shape index (κ1) is 19.6. The summed E-state index contributed by atoms with van der Waals surface area (Å²) in [5, 5.41) is 2.90. The van der Waals surface area contributed by atoms with Gasteiger partial charge in [0.15, 0.2) is 5.76 Å². The maximum Gasteiger partial charge on any atom is 0.287 e. The van der Waals surface area contributed by atoms with Crippen molar-refractivity contribution in [3.8, 4) is 0 Å². The fourth-order valence-corrected chi connectivity index (χ4v) is 3.93. The molecule has 146 valence electrons. The van der Waals surface area contributed by atoms with E-state index in [1.807, 2.05) is 0 Å². The van der Waals surface area contributed by atoms with Gasteiger partial charge in [-0.3, -0.25) is 9.69 Å². The van der Waals surface area contributed by atoms with Gasteiger partial charge in [-0.15, -0.1) is 0 Å². The highest BCUT2D eigenvalue weighted by Crippen LogP contribution is 2.22. The zero-order valence-corrected chi connectivity index (χ0v) is 16.5. The Labute approximate surface area is 161 Å². The lowest BCUT2D eigenvalue weighted by atomic mass is 9.91. The molecule has 2 atom stereocenters. The molecule has 5 nitrogen and oxygen atoms in total. The summed E-state index contributed by atoms with van der Waals surface area (Å²) in [6.07, 6.45) is 1.33. The van der Waals surface area contributed by atoms with Crippen molar-refractivity contribution in [1.29, 1.82) is 0 Å². The van der Waals surface area contributed by atoms with Crippen LogP contribution >= 0.6 is 0 Å². The van der Waals surface area contributed by atoms with Crippen LogP contribution in [0.4, 0.5) is 0 Å². The Hall–Kier alpha value is -2.11. The summed E-state index contributed by atoms with van der Waals surface area (Å²) >= 11 is 0. The van der Waals surface area contributed by atoms with Crippen LogP contribution in [-0.2, 0) is 24.4 Å². The molecule has 1 amide bonds. The maximum atomic E-state index is 12.2. The molecule has 1 N–H and O–H groups in total. The molecule has 1 aromatic carbocycles.